The number of rotatable bonds is 8. The van der Waals surface area contributed by atoms with Gasteiger partial charge in [0.25, 0.3) is 0 Å². The summed E-state index contributed by atoms with van der Waals surface area (Å²) >= 11 is 0. The van der Waals surface area contributed by atoms with Gasteiger partial charge in [-0.15, -0.1) is 12.4 Å². The van der Waals surface area contributed by atoms with Crippen molar-refractivity contribution >= 4 is 18.4 Å². The van der Waals surface area contributed by atoms with E-state index in [4.69, 9.17) is 0 Å². The summed E-state index contributed by atoms with van der Waals surface area (Å²) in [6.07, 6.45) is 4.34. The Kier molecular flexibility index (Phi) is 7.48. The van der Waals surface area contributed by atoms with Crippen LogP contribution in [-0.2, 0) is 6.42 Å². The maximum atomic E-state index is 11.3. The van der Waals surface area contributed by atoms with Crippen LogP contribution in [0, 0.1) is 0 Å². The van der Waals surface area contributed by atoms with E-state index in [1.165, 1.54) is 12.8 Å². The van der Waals surface area contributed by atoms with Gasteiger partial charge in [0.2, 0.25) is 0 Å². The van der Waals surface area contributed by atoms with Crippen LogP contribution in [0.4, 0.5) is 4.79 Å². The molecule has 1 aromatic carbocycles. The van der Waals surface area contributed by atoms with Gasteiger partial charge in [-0.2, -0.15) is 9.98 Å². The van der Waals surface area contributed by atoms with Crippen molar-refractivity contribution in [2.75, 3.05) is 19.6 Å². The van der Waals surface area contributed by atoms with E-state index < -0.39 is 6.03 Å². The summed E-state index contributed by atoms with van der Waals surface area (Å²) in [6, 6.07) is 2.92. The van der Waals surface area contributed by atoms with Gasteiger partial charge in [-0.3, -0.25) is 0 Å². The van der Waals surface area contributed by atoms with Crippen LogP contribution in [0.2, 0.25) is 0 Å². The summed E-state index contributed by atoms with van der Waals surface area (Å²) in [7, 11) is 0. The van der Waals surface area contributed by atoms with E-state index in [1.807, 2.05) is 6.07 Å². The molecular weight excluding hydrogens is 302 g/mol. The number of aromatic hydroxyl groups is 1. The van der Waals surface area contributed by atoms with Crippen LogP contribution in [0.15, 0.2) is 22.1 Å². The van der Waals surface area contributed by atoms with Gasteiger partial charge in [-0.1, -0.05) is 26.3 Å². The van der Waals surface area contributed by atoms with Crippen molar-refractivity contribution in [1.82, 2.24) is 4.90 Å². The molecule has 5 nitrogen and oxygen atoms in total. The monoisotopic (exact) mass is 325 g/mol. The molecule has 1 aliphatic rings. The zero-order valence-corrected chi connectivity index (χ0v) is 14.0. The van der Waals surface area contributed by atoms with Crippen molar-refractivity contribution in [1.29, 1.82) is 0 Å². The quantitative estimate of drug-likeness (QED) is 0.797. The lowest BCUT2D eigenvalue weighted by atomic mass is 10.1. The highest BCUT2D eigenvalue weighted by Gasteiger charge is 2.13. The topological polar surface area (TPSA) is 65.3 Å². The number of phenols is 1. The molecule has 0 radical (unpaired) electrons. The van der Waals surface area contributed by atoms with Crippen LogP contribution in [0.1, 0.15) is 38.7 Å². The molecule has 0 aliphatic carbocycles. The number of nitrogens with zero attached hydrogens (tertiary/aromatic N) is 3. The van der Waals surface area contributed by atoms with Crippen LogP contribution in [-0.4, -0.2) is 35.7 Å². The van der Waals surface area contributed by atoms with Crippen LogP contribution in [0.25, 0.3) is 0 Å². The van der Waals surface area contributed by atoms with Gasteiger partial charge in [-0.05, 0) is 44.0 Å². The second-order valence-corrected chi connectivity index (χ2v) is 5.39. The van der Waals surface area contributed by atoms with E-state index in [0.29, 0.717) is 10.7 Å². The van der Waals surface area contributed by atoms with E-state index in [2.05, 4.69) is 28.7 Å². The van der Waals surface area contributed by atoms with Crippen LogP contribution >= 0.6 is 12.4 Å². The first-order chi connectivity index (χ1) is 10.2. The maximum absolute atomic E-state index is 11.3. The molecule has 1 N–H and O–H groups in total. The number of unbranched alkanes of at least 4 members (excludes halogenated alkanes) is 1. The first-order valence-electron chi connectivity index (χ1n) is 7.70. The van der Waals surface area contributed by atoms with Gasteiger partial charge >= 0.3 is 6.03 Å². The predicted molar refractivity (Wildman–Crippen MR) is 88.4 cm³/mol. The lowest BCUT2D eigenvalue weighted by Gasteiger charge is -2.21. The van der Waals surface area contributed by atoms with Gasteiger partial charge in [0.1, 0.15) is 16.5 Å². The zero-order chi connectivity index (χ0) is 15.2. The SMILES string of the molecule is CCCCN(CCC)CCc1ccc(O)c2c1=NC(=O)N=2.Cl. The lowest BCUT2D eigenvalue weighted by molar-refractivity contribution is 0.256. The molecule has 0 unspecified atom stereocenters. The van der Waals surface area contributed by atoms with Crippen molar-refractivity contribution in [3.8, 4) is 5.75 Å². The average Bonchev–Trinajstić information content (AvgIpc) is 2.86. The molecule has 0 bridgehead atoms. The molecule has 0 saturated carbocycles. The average molecular weight is 326 g/mol. The molecule has 2 amide bonds. The third kappa shape index (κ3) is 4.52. The number of amides is 2. The number of carbonyl (C=O) groups excluding carboxylic acids is 1. The van der Waals surface area contributed by atoms with E-state index >= 15 is 0 Å². The molecule has 1 aliphatic heterocycles. The Morgan fingerprint density at radius 3 is 2.45 bits per heavy atom. The van der Waals surface area contributed by atoms with Crippen molar-refractivity contribution in [2.24, 2.45) is 9.98 Å². The second kappa shape index (κ2) is 8.86. The fraction of sp³-hybridized carbons (Fsp3) is 0.562. The summed E-state index contributed by atoms with van der Waals surface area (Å²) in [4.78, 5) is 21.4. The highest BCUT2D eigenvalue weighted by Crippen LogP contribution is 2.05. The number of phenolic OH excluding ortho intramolecular Hbond substituents is 1. The second-order valence-electron chi connectivity index (χ2n) is 5.39. The number of carbonyl (C=O) groups is 1. The summed E-state index contributed by atoms with van der Waals surface area (Å²) < 4.78 is 0. The first kappa shape index (κ1) is 18.6. The molecule has 2 rings (SSSR count). The maximum Gasteiger partial charge on any atom is 0.368 e. The van der Waals surface area contributed by atoms with E-state index in [0.717, 1.165) is 38.0 Å². The fourth-order valence-electron chi connectivity index (χ4n) is 2.58. The Hall–Kier alpha value is -1.46. The molecule has 22 heavy (non-hydrogen) atoms. The standard InChI is InChI=1S/C16H23N3O2.ClH/c1-3-5-10-19(9-4-2)11-8-12-6-7-13(20)15-14(12)17-16(21)18-15;/h6-7,20H,3-5,8-11H2,1-2H3;1H. The van der Waals surface area contributed by atoms with Gasteiger partial charge in [0, 0.05) is 6.54 Å². The van der Waals surface area contributed by atoms with Crippen molar-refractivity contribution in [2.45, 2.75) is 39.5 Å². The third-order valence-electron chi connectivity index (χ3n) is 3.69. The lowest BCUT2D eigenvalue weighted by Crippen LogP contribution is -2.32. The molecule has 0 aromatic heterocycles. The van der Waals surface area contributed by atoms with Crippen LogP contribution < -0.4 is 10.7 Å². The molecular formula is C16H24ClN3O2. The highest BCUT2D eigenvalue weighted by atomic mass is 35.5. The number of benzene rings is 1. The van der Waals surface area contributed by atoms with E-state index in [-0.39, 0.29) is 18.2 Å². The molecule has 122 valence electrons. The van der Waals surface area contributed by atoms with E-state index in [1.54, 1.807) is 6.07 Å². The van der Waals surface area contributed by atoms with Gasteiger partial charge in [-0.25, -0.2) is 4.79 Å². The first-order valence-corrected chi connectivity index (χ1v) is 7.70. The minimum absolute atomic E-state index is 0. The molecule has 0 atom stereocenters. The largest absolute Gasteiger partial charge is 0.506 e. The molecule has 0 saturated heterocycles. The third-order valence-corrected chi connectivity index (χ3v) is 3.69. The smallest absolute Gasteiger partial charge is 0.368 e. The molecule has 1 heterocycles. The predicted octanol–water partition coefficient (Wildman–Crippen LogP) is 2.24. The normalized spacial score (nSPS) is 12.6. The van der Waals surface area contributed by atoms with E-state index in [9.17, 15) is 9.90 Å². The van der Waals surface area contributed by atoms with Crippen molar-refractivity contribution < 1.29 is 9.90 Å². The Balaban J connectivity index is 0.00000242. The minimum atomic E-state index is -0.524. The van der Waals surface area contributed by atoms with Gasteiger partial charge in [0.05, 0.1) is 0 Å². The Morgan fingerprint density at radius 1 is 1.05 bits per heavy atom. The highest BCUT2D eigenvalue weighted by molar-refractivity contribution is 5.85. The van der Waals surface area contributed by atoms with Crippen LogP contribution in [0.5, 0.6) is 5.75 Å². The van der Waals surface area contributed by atoms with Crippen molar-refractivity contribution in [3.63, 3.8) is 0 Å². The Morgan fingerprint density at radius 2 is 1.77 bits per heavy atom. The number of hydrogen-bond acceptors (Lipinski definition) is 3. The molecule has 1 aromatic rings. The Labute approximate surface area is 137 Å². The number of fused-ring (bicyclic) bond motifs is 1. The number of urea groups is 1. The summed E-state index contributed by atoms with van der Waals surface area (Å²) in [5, 5.41) is 10.6. The van der Waals surface area contributed by atoms with Gasteiger partial charge < -0.3 is 10.0 Å². The number of halogens is 1. The zero-order valence-electron chi connectivity index (χ0n) is 13.2. The number of hydrogen-bond donors (Lipinski definition) is 1. The molecule has 6 heteroatoms. The fourth-order valence-corrected chi connectivity index (χ4v) is 2.58. The summed E-state index contributed by atoms with van der Waals surface area (Å²) in [6.45, 7) is 7.51. The minimum Gasteiger partial charge on any atom is -0.506 e. The molecule has 0 fully saturated rings. The van der Waals surface area contributed by atoms with Crippen LogP contribution in [0.3, 0.4) is 0 Å². The van der Waals surface area contributed by atoms with Crippen molar-refractivity contribution in [3.05, 3.63) is 28.4 Å². The Bertz CT molecular complexity index is 631. The van der Waals surface area contributed by atoms with Gasteiger partial charge in [0.15, 0.2) is 0 Å². The summed E-state index contributed by atoms with van der Waals surface area (Å²) in [5.41, 5.74) is 0.981. The summed E-state index contributed by atoms with van der Waals surface area (Å²) in [5.74, 6) is 0.0275. The molecule has 0 spiro atoms.